The van der Waals surface area contributed by atoms with Crippen molar-refractivity contribution in [3.8, 4) is 0 Å². The molecule has 1 nitrogen and oxygen atoms in total. The van der Waals surface area contributed by atoms with Crippen LogP contribution in [0.15, 0.2) is 36.2 Å². The van der Waals surface area contributed by atoms with Crippen LogP contribution in [0.4, 0.5) is 0 Å². The molecule has 0 aromatic rings. The van der Waals surface area contributed by atoms with Crippen LogP contribution in [0.2, 0.25) is 0 Å². The van der Waals surface area contributed by atoms with Gasteiger partial charge in [0.05, 0.1) is 0 Å². The Labute approximate surface area is 61.3 Å². The minimum atomic E-state index is 0.583. The van der Waals surface area contributed by atoms with E-state index in [0.29, 0.717) is 5.92 Å². The second-order valence-corrected chi connectivity index (χ2v) is 2.63. The lowest BCUT2D eigenvalue weighted by Gasteiger charge is -2.15. The first-order valence-corrected chi connectivity index (χ1v) is 3.75. The Balaban J connectivity index is 2.25. The fourth-order valence-corrected chi connectivity index (χ4v) is 1.50. The van der Waals surface area contributed by atoms with E-state index in [1.165, 1.54) is 5.70 Å². The summed E-state index contributed by atoms with van der Waals surface area (Å²) in [6.45, 7) is 3.26. The normalized spacial score (nSPS) is 27.5. The second-order valence-electron chi connectivity index (χ2n) is 2.63. The molecule has 0 saturated carbocycles. The Hall–Kier alpha value is -0.980. The molecule has 1 aliphatic heterocycles. The topological polar surface area (TPSA) is 3.24 Å². The highest BCUT2D eigenvalue weighted by Gasteiger charge is 2.20. The molecule has 1 heteroatoms. The molecule has 0 spiro atoms. The number of hydrogen-bond acceptors (Lipinski definition) is 1. The van der Waals surface area contributed by atoms with Crippen molar-refractivity contribution in [3.05, 3.63) is 36.2 Å². The van der Waals surface area contributed by atoms with Crippen LogP contribution in [-0.4, -0.2) is 11.4 Å². The van der Waals surface area contributed by atoms with Gasteiger partial charge in [0.1, 0.15) is 0 Å². The summed E-state index contributed by atoms with van der Waals surface area (Å²) >= 11 is 0. The highest BCUT2D eigenvalue weighted by atomic mass is 15.1. The van der Waals surface area contributed by atoms with Crippen molar-refractivity contribution in [1.82, 2.24) is 4.90 Å². The smallest absolute Gasteiger partial charge is 0.0372 e. The second kappa shape index (κ2) is 2.01. The molecule has 1 aliphatic carbocycles. The predicted molar refractivity (Wildman–Crippen MR) is 42.2 cm³/mol. The van der Waals surface area contributed by atoms with Crippen LogP contribution in [0.25, 0.3) is 0 Å². The maximum atomic E-state index is 2.28. The van der Waals surface area contributed by atoms with Gasteiger partial charge in [-0.25, -0.2) is 0 Å². The van der Waals surface area contributed by atoms with Gasteiger partial charge in [0.15, 0.2) is 0 Å². The van der Waals surface area contributed by atoms with E-state index in [9.17, 15) is 0 Å². The van der Waals surface area contributed by atoms with Crippen LogP contribution < -0.4 is 0 Å². The SMILES string of the molecule is CCN1C=CC2C=CC=C21. The number of fused-ring (bicyclic) bond motifs is 1. The van der Waals surface area contributed by atoms with Crippen LogP contribution in [0.3, 0.4) is 0 Å². The Morgan fingerprint density at radius 1 is 1.50 bits per heavy atom. The molecule has 1 heterocycles. The van der Waals surface area contributed by atoms with Crippen LogP contribution in [0.5, 0.6) is 0 Å². The van der Waals surface area contributed by atoms with Gasteiger partial charge in [0, 0.05) is 24.4 Å². The molecule has 0 amide bonds. The number of nitrogens with zero attached hydrogens (tertiary/aromatic N) is 1. The van der Waals surface area contributed by atoms with Crippen molar-refractivity contribution in [2.45, 2.75) is 6.92 Å². The van der Waals surface area contributed by atoms with E-state index >= 15 is 0 Å². The molecule has 0 N–H and O–H groups in total. The van der Waals surface area contributed by atoms with E-state index in [1.54, 1.807) is 0 Å². The zero-order valence-electron chi connectivity index (χ0n) is 6.12. The molecular weight excluding hydrogens is 122 g/mol. The first kappa shape index (κ1) is 5.78. The van der Waals surface area contributed by atoms with Crippen molar-refractivity contribution >= 4 is 0 Å². The summed E-state index contributed by atoms with van der Waals surface area (Å²) in [5.41, 5.74) is 1.43. The monoisotopic (exact) mass is 133 g/mol. The summed E-state index contributed by atoms with van der Waals surface area (Å²) in [6, 6.07) is 0. The summed E-state index contributed by atoms with van der Waals surface area (Å²) in [6.07, 6.45) is 10.9. The fourth-order valence-electron chi connectivity index (χ4n) is 1.50. The number of hydrogen-bond donors (Lipinski definition) is 0. The van der Waals surface area contributed by atoms with Crippen molar-refractivity contribution in [1.29, 1.82) is 0 Å². The minimum absolute atomic E-state index is 0.583. The zero-order chi connectivity index (χ0) is 6.97. The molecule has 0 aromatic heterocycles. The fraction of sp³-hybridized carbons (Fsp3) is 0.333. The molecule has 1 atom stereocenters. The summed E-state index contributed by atoms with van der Waals surface area (Å²) in [4.78, 5) is 2.28. The average molecular weight is 133 g/mol. The molecule has 0 radical (unpaired) electrons. The van der Waals surface area contributed by atoms with Crippen molar-refractivity contribution in [2.24, 2.45) is 5.92 Å². The first-order valence-electron chi connectivity index (χ1n) is 3.75. The standard InChI is InChI=1S/C9H11N/c1-2-10-7-6-8-4-3-5-9(8)10/h3-8H,2H2,1H3. The Morgan fingerprint density at radius 2 is 2.40 bits per heavy atom. The summed E-state index contributed by atoms with van der Waals surface area (Å²) < 4.78 is 0. The number of rotatable bonds is 1. The lowest BCUT2D eigenvalue weighted by molar-refractivity contribution is 0.493. The van der Waals surface area contributed by atoms with Gasteiger partial charge < -0.3 is 4.90 Å². The highest BCUT2D eigenvalue weighted by molar-refractivity contribution is 5.35. The zero-order valence-corrected chi connectivity index (χ0v) is 6.12. The molecule has 52 valence electrons. The molecule has 0 fully saturated rings. The summed E-state index contributed by atoms with van der Waals surface area (Å²) in [5.74, 6) is 0.583. The quantitative estimate of drug-likeness (QED) is 0.528. The number of allylic oxidation sites excluding steroid dienone is 3. The molecule has 2 rings (SSSR count). The molecule has 2 aliphatic rings. The third kappa shape index (κ3) is 0.635. The molecular formula is C9H11N. The average Bonchev–Trinajstić information content (AvgIpc) is 2.44. The van der Waals surface area contributed by atoms with Gasteiger partial charge in [0.25, 0.3) is 0 Å². The highest BCUT2D eigenvalue weighted by Crippen LogP contribution is 2.29. The van der Waals surface area contributed by atoms with Crippen LogP contribution in [0.1, 0.15) is 6.92 Å². The largest absolute Gasteiger partial charge is 0.351 e. The summed E-state index contributed by atoms with van der Waals surface area (Å²) in [5, 5.41) is 0. The minimum Gasteiger partial charge on any atom is -0.351 e. The van der Waals surface area contributed by atoms with Gasteiger partial charge >= 0.3 is 0 Å². The lowest BCUT2D eigenvalue weighted by Crippen LogP contribution is -2.12. The van der Waals surface area contributed by atoms with Crippen LogP contribution in [0, 0.1) is 5.92 Å². The van der Waals surface area contributed by atoms with Gasteiger partial charge in [0.2, 0.25) is 0 Å². The molecule has 0 saturated heterocycles. The van der Waals surface area contributed by atoms with Crippen LogP contribution in [-0.2, 0) is 0 Å². The van der Waals surface area contributed by atoms with Crippen molar-refractivity contribution in [3.63, 3.8) is 0 Å². The van der Waals surface area contributed by atoms with E-state index < -0.39 is 0 Å². The van der Waals surface area contributed by atoms with Gasteiger partial charge in [-0.2, -0.15) is 0 Å². The Kier molecular flexibility index (Phi) is 1.16. The third-order valence-electron chi connectivity index (χ3n) is 2.07. The third-order valence-corrected chi connectivity index (χ3v) is 2.07. The van der Waals surface area contributed by atoms with E-state index in [1.807, 2.05) is 0 Å². The lowest BCUT2D eigenvalue weighted by atomic mass is 10.1. The van der Waals surface area contributed by atoms with Gasteiger partial charge in [-0.1, -0.05) is 18.2 Å². The summed E-state index contributed by atoms with van der Waals surface area (Å²) in [7, 11) is 0. The van der Waals surface area contributed by atoms with E-state index in [0.717, 1.165) is 6.54 Å². The molecule has 0 aromatic carbocycles. The molecule has 0 bridgehead atoms. The van der Waals surface area contributed by atoms with E-state index in [4.69, 9.17) is 0 Å². The predicted octanol–water partition coefficient (Wildman–Crippen LogP) is 1.91. The van der Waals surface area contributed by atoms with Gasteiger partial charge in [-0.05, 0) is 13.0 Å². The molecule has 10 heavy (non-hydrogen) atoms. The maximum absolute atomic E-state index is 2.28. The van der Waals surface area contributed by atoms with E-state index in [2.05, 4.69) is 42.3 Å². The maximum Gasteiger partial charge on any atom is 0.0372 e. The first-order chi connectivity index (χ1) is 4.92. The van der Waals surface area contributed by atoms with Gasteiger partial charge in [-0.15, -0.1) is 0 Å². The van der Waals surface area contributed by atoms with Crippen molar-refractivity contribution in [2.75, 3.05) is 6.54 Å². The van der Waals surface area contributed by atoms with Crippen LogP contribution >= 0.6 is 0 Å². The van der Waals surface area contributed by atoms with Gasteiger partial charge in [-0.3, -0.25) is 0 Å². The Bertz CT molecular complexity index is 223. The van der Waals surface area contributed by atoms with E-state index in [-0.39, 0.29) is 0 Å². The Morgan fingerprint density at radius 3 is 3.20 bits per heavy atom. The molecule has 1 unspecified atom stereocenters. The van der Waals surface area contributed by atoms with Crippen molar-refractivity contribution < 1.29 is 0 Å².